The summed E-state index contributed by atoms with van der Waals surface area (Å²) in [6.45, 7) is 4.18. The molecule has 18 heavy (non-hydrogen) atoms. The van der Waals surface area contributed by atoms with E-state index in [2.05, 4.69) is 41.4 Å². The van der Waals surface area contributed by atoms with Crippen LogP contribution in [0, 0.1) is 6.92 Å². The molecule has 0 saturated heterocycles. The molecule has 2 aromatic heterocycles. The van der Waals surface area contributed by atoms with Crippen molar-refractivity contribution >= 4 is 22.8 Å². The molecule has 0 aliphatic carbocycles. The van der Waals surface area contributed by atoms with Gasteiger partial charge in [0.05, 0.1) is 5.69 Å². The van der Waals surface area contributed by atoms with Gasteiger partial charge >= 0.3 is 0 Å². The molecular weight excluding hydrogens is 242 g/mol. The smallest absolute Gasteiger partial charge is 0.152 e. The van der Waals surface area contributed by atoms with Crippen molar-refractivity contribution in [3.05, 3.63) is 40.2 Å². The van der Waals surface area contributed by atoms with Crippen molar-refractivity contribution in [2.24, 2.45) is 0 Å². The van der Waals surface area contributed by atoms with Crippen molar-refractivity contribution < 1.29 is 0 Å². The molecule has 0 saturated carbocycles. The molecular formula is C14H19N3S. The molecule has 0 bridgehead atoms. The standard InChI is InChI=1S/C14H19N3S/c1-10-6-7-13(15)14(16-10)17(3)11(2)9-12-5-4-8-18-12/h4-8,11H,9,15H2,1-3H3. The van der Waals surface area contributed by atoms with Gasteiger partial charge in [-0.15, -0.1) is 11.3 Å². The van der Waals surface area contributed by atoms with E-state index in [0.29, 0.717) is 6.04 Å². The summed E-state index contributed by atoms with van der Waals surface area (Å²) in [7, 11) is 2.05. The van der Waals surface area contributed by atoms with Crippen molar-refractivity contribution in [2.45, 2.75) is 26.3 Å². The maximum Gasteiger partial charge on any atom is 0.152 e. The Morgan fingerprint density at radius 3 is 2.83 bits per heavy atom. The summed E-state index contributed by atoms with van der Waals surface area (Å²) < 4.78 is 0. The molecule has 3 nitrogen and oxygen atoms in total. The Bertz CT molecular complexity index is 508. The summed E-state index contributed by atoms with van der Waals surface area (Å²) in [5.41, 5.74) is 7.73. The van der Waals surface area contributed by atoms with E-state index in [0.717, 1.165) is 23.6 Å². The first-order chi connectivity index (χ1) is 8.58. The van der Waals surface area contributed by atoms with Crippen LogP contribution in [-0.2, 0) is 6.42 Å². The molecule has 0 aliphatic rings. The van der Waals surface area contributed by atoms with Crippen LogP contribution in [0.4, 0.5) is 11.5 Å². The Hall–Kier alpha value is -1.55. The predicted octanol–water partition coefficient (Wildman–Crippen LogP) is 3.10. The maximum atomic E-state index is 6.00. The Balaban J connectivity index is 2.14. The molecule has 1 atom stereocenters. The first-order valence-electron chi connectivity index (χ1n) is 6.06. The topological polar surface area (TPSA) is 42.1 Å². The highest BCUT2D eigenvalue weighted by Crippen LogP contribution is 2.23. The minimum Gasteiger partial charge on any atom is -0.396 e. The van der Waals surface area contributed by atoms with Crippen LogP contribution in [0.25, 0.3) is 0 Å². The lowest BCUT2D eigenvalue weighted by Crippen LogP contribution is -2.32. The van der Waals surface area contributed by atoms with E-state index in [1.165, 1.54) is 4.88 Å². The van der Waals surface area contributed by atoms with Crippen LogP contribution in [-0.4, -0.2) is 18.1 Å². The molecule has 0 radical (unpaired) electrons. The van der Waals surface area contributed by atoms with Gasteiger partial charge in [0.2, 0.25) is 0 Å². The molecule has 96 valence electrons. The van der Waals surface area contributed by atoms with Crippen LogP contribution < -0.4 is 10.6 Å². The second-order valence-electron chi connectivity index (χ2n) is 4.61. The van der Waals surface area contributed by atoms with Gasteiger partial charge in [-0.3, -0.25) is 0 Å². The first kappa shape index (κ1) is 12.9. The number of hydrogen-bond acceptors (Lipinski definition) is 4. The molecule has 2 aromatic rings. The van der Waals surface area contributed by atoms with Gasteiger partial charge < -0.3 is 10.6 Å². The zero-order valence-corrected chi connectivity index (χ0v) is 11.9. The average Bonchev–Trinajstić information content (AvgIpc) is 2.84. The van der Waals surface area contributed by atoms with Crippen molar-refractivity contribution in [3.8, 4) is 0 Å². The van der Waals surface area contributed by atoms with Crippen LogP contribution >= 0.6 is 11.3 Å². The van der Waals surface area contributed by atoms with Gasteiger partial charge in [-0.1, -0.05) is 6.07 Å². The van der Waals surface area contributed by atoms with E-state index in [-0.39, 0.29) is 0 Å². The van der Waals surface area contributed by atoms with E-state index < -0.39 is 0 Å². The quantitative estimate of drug-likeness (QED) is 0.919. The molecule has 4 heteroatoms. The van der Waals surface area contributed by atoms with Crippen molar-refractivity contribution in [1.29, 1.82) is 0 Å². The number of nitrogens with two attached hydrogens (primary N) is 1. The maximum absolute atomic E-state index is 6.00. The lowest BCUT2D eigenvalue weighted by molar-refractivity contribution is 0.680. The summed E-state index contributed by atoms with van der Waals surface area (Å²) >= 11 is 1.79. The highest BCUT2D eigenvalue weighted by Gasteiger charge is 2.15. The number of pyridine rings is 1. The fraction of sp³-hybridized carbons (Fsp3) is 0.357. The second kappa shape index (κ2) is 5.40. The number of likely N-dealkylation sites (N-methyl/N-ethyl adjacent to an activating group) is 1. The Kier molecular flexibility index (Phi) is 3.87. The molecule has 0 spiro atoms. The van der Waals surface area contributed by atoms with Crippen LogP contribution in [0.15, 0.2) is 29.6 Å². The van der Waals surface area contributed by atoms with Gasteiger partial charge in [-0.05, 0) is 37.4 Å². The lowest BCUT2D eigenvalue weighted by Gasteiger charge is -2.27. The summed E-state index contributed by atoms with van der Waals surface area (Å²) in [5, 5.41) is 2.11. The summed E-state index contributed by atoms with van der Waals surface area (Å²) in [4.78, 5) is 8.07. The van der Waals surface area contributed by atoms with Gasteiger partial charge in [0, 0.05) is 30.1 Å². The first-order valence-corrected chi connectivity index (χ1v) is 6.94. The number of hydrogen-bond donors (Lipinski definition) is 1. The molecule has 2 rings (SSSR count). The van der Waals surface area contributed by atoms with Gasteiger partial charge in [0.15, 0.2) is 5.82 Å². The predicted molar refractivity (Wildman–Crippen MR) is 79.3 cm³/mol. The third kappa shape index (κ3) is 2.82. The van der Waals surface area contributed by atoms with Gasteiger partial charge in [0.25, 0.3) is 0 Å². The Labute approximate surface area is 112 Å². The number of thiophene rings is 1. The zero-order chi connectivity index (χ0) is 13.1. The Morgan fingerprint density at radius 1 is 1.39 bits per heavy atom. The minimum absolute atomic E-state index is 0.375. The monoisotopic (exact) mass is 261 g/mol. The number of rotatable bonds is 4. The highest BCUT2D eigenvalue weighted by atomic mass is 32.1. The molecule has 0 amide bonds. The van der Waals surface area contributed by atoms with Crippen LogP contribution in [0.5, 0.6) is 0 Å². The van der Waals surface area contributed by atoms with E-state index in [1.807, 2.05) is 19.1 Å². The third-order valence-electron chi connectivity index (χ3n) is 3.12. The molecule has 0 fully saturated rings. The van der Waals surface area contributed by atoms with Crippen LogP contribution in [0.2, 0.25) is 0 Å². The fourth-order valence-corrected chi connectivity index (χ4v) is 2.73. The summed E-state index contributed by atoms with van der Waals surface area (Å²) in [6.07, 6.45) is 1.02. The van der Waals surface area contributed by atoms with E-state index >= 15 is 0 Å². The Morgan fingerprint density at radius 2 is 2.17 bits per heavy atom. The molecule has 2 N–H and O–H groups in total. The number of aryl methyl sites for hydroxylation is 1. The van der Waals surface area contributed by atoms with E-state index in [4.69, 9.17) is 5.73 Å². The second-order valence-corrected chi connectivity index (χ2v) is 5.64. The highest BCUT2D eigenvalue weighted by molar-refractivity contribution is 7.09. The molecule has 1 unspecified atom stereocenters. The average molecular weight is 261 g/mol. The SMILES string of the molecule is Cc1ccc(N)c(N(C)C(C)Cc2cccs2)n1. The number of nitrogen functional groups attached to an aromatic ring is 1. The number of aromatic nitrogens is 1. The summed E-state index contributed by atoms with van der Waals surface area (Å²) in [5.74, 6) is 0.874. The van der Waals surface area contributed by atoms with Crippen molar-refractivity contribution in [1.82, 2.24) is 4.98 Å². The molecule has 0 aliphatic heterocycles. The minimum atomic E-state index is 0.375. The van der Waals surface area contributed by atoms with Crippen molar-refractivity contribution in [2.75, 3.05) is 17.7 Å². The number of nitrogens with zero attached hydrogens (tertiary/aromatic N) is 2. The van der Waals surface area contributed by atoms with Gasteiger partial charge in [-0.25, -0.2) is 4.98 Å². The van der Waals surface area contributed by atoms with Gasteiger partial charge in [-0.2, -0.15) is 0 Å². The van der Waals surface area contributed by atoms with E-state index in [9.17, 15) is 0 Å². The zero-order valence-electron chi connectivity index (χ0n) is 11.1. The normalized spacial score (nSPS) is 12.4. The fourth-order valence-electron chi connectivity index (χ4n) is 1.90. The largest absolute Gasteiger partial charge is 0.396 e. The molecule has 2 heterocycles. The van der Waals surface area contributed by atoms with Crippen LogP contribution in [0.3, 0.4) is 0 Å². The lowest BCUT2D eigenvalue weighted by atomic mass is 10.2. The molecule has 0 aromatic carbocycles. The summed E-state index contributed by atoms with van der Waals surface area (Å²) in [6, 6.07) is 8.50. The van der Waals surface area contributed by atoms with Crippen molar-refractivity contribution in [3.63, 3.8) is 0 Å². The van der Waals surface area contributed by atoms with Crippen LogP contribution in [0.1, 0.15) is 17.5 Å². The number of anilines is 2. The van der Waals surface area contributed by atoms with E-state index in [1.54, 1.807) is 11.3 Å². The third-order valence-corrected chi connectivity index (χ3v) is 4.02. The van der Waals surface area contributed by atoms with Gasteiger partial charge in [0.1, 0.15) is 0 Å².